The molecule has 1 aromatic rings. The van der Waals surface area contributed by atoms with Gasteiger partial charge in [-0.2, -0.15) is 0 Å². The van der Waals surface area contributed by atoms with E-state index in [0.29, 0.717) is 25.5 Å². The molecule has 1 aliphatic rings. The first-order valence-electron chi connectivity index (χ1n) is 9.06. The highest BCUT2D eigenvalue weighted by Crippen LogP contribution is 2.35. The van der Waals surface area contributed by atoms with Gasteiger partial charge in [0.25, 0.3) is 5.91 Å². The van der Waals surface area contributed by atoms with Crippen molar-refractivity contribution in [3.63, 3.8) is 0 Å². The number of rotatable bonds is 9. The molecule has 0 fully saturated rings. The average molecular weight is 377 g/mol. The number of hydrogen-bond acceptors (Lipinski definition) is 6. The summed E-state index contributed by atoms with van der Waals surface area (Å²) in [6.45, 7) is 6.69. The molecule has 0 saturated heterocycles. The molecule has 0 unspecified atom stereocenters. The molecule has 1 aromatic carbocycles. The van der Waals surface area contributed by atoms with E-state index in [2.05, 4.69) is 5.32 Å². The molecule has 0 saturated carbocycles. The molecule has 2 rings (SSSR count). The smallest absolute Gasteiger partial charge is 0.331 e. The zero-order chi connectivity index (χ0) is 19.8. The summed E-state index contributed by atoms with van der Waals surface area (Å²) in [5, 5.41) is 2.62. The van der Waals surface area contributed by atoms with E-state index in [9.17, 15) is 9.59 Å². The van der Waals surface area contributed by atoms with Gasteiger partial charge in [0, 0.05) is 37.3 Å². The molecule has 1 aliphatic heterocycles. The Bertz CT molecular complexity index is 700. The third-order valence-corrected chi connectivity index (χ3v) is 3.99. The van der Waals surface area contributed by atoms with E-state index in [1.807, 2.05) is 26.0 Å². The van der Waals surface area contributed by atoms with Crippen molar-refractivity contribution in [2.45, 2.75) is 39.4 Å². The Balaban J connectivity index is 2.01. The number of carbonyl (C=O) groups excluding carboxylic acids is 2. The maximum absolute atomic E-state index is 12.0. The number of nitrogens with one attached hydrogen (secondary N) is 1. The minimum atomic E-state index is -0.894. The Morgan fingerprint density at radius 1 is 1.41 bits per heavy atom. The molecule has 0 spiro atoms. The topological polar surface area (TPSA) is 83.1 Å². The number of benzene rings is 1. The summed E-state index contributed by atoms with van der Waals surface area (Å²) >= 11 is 0. The average Bonchev–Trinajstić information content (AvgIpc) is 2.98. The van der Waals surface area contributed by atoms with Gasteiger partial charge in [-0.3, -0.25) is 4.79 Å². The number of ether oxygens (including phenoxy) is 4. The van der Waals surface area contributed by atoms with E-state index < -0.39 is 12.1 Å². The number of amides is 1. The Morgan fingerprint density at radius 3 is 2.89 bits per heavy atom. The predicted octanol–water partition coefficient (Wildman–Crippen LogP) is 2.12. The van der Waals surface area contributed by atoms with Crippen molar-refractivity contribution in [1.29, 1.82) is 0 Å². The van der Waals surface area contributed by atoms with E-state index in [1.165, 1.54) is 13.0 Å². The molecule has 0 bridgehead atoms. The van der Waals surface area contributed by atoms with Crippen LogP contribution in [0.5, 0.6) is 11.5 Å². The fraction of sp³-hybridized carbons (Fsp3) is 0.500. The first-order valence-corrected chi connectivity index (χ1v) is 9.06. The molecular weight excluding hydrogens is 350 g/mol. The first-order chi connectivity index (χ1) is 12.9. The van der Waals surface area contributed by atoms with E-state index in [4.69, 9.17) is 18.9 Å². The predicted molar refractivity (Wildman–Crippen MR) is 101 cm³/mol. The number of fused-ring (bicyclic) bond motifs is 1. The van der Waals surface area contributed by atoms with Crippen molar-refractivity contribution in [3.8, 4) is 11.5 Å². The van der Waals surface area contributed by atoms with Crippen LogP contribution in [-0.4, -0.2) is 51.0 Å². The van der Waals surface area contributed by atoms with Gasteiger partial charge in [0.2, 0.25) is 0 Å². The van der Waals surface area contributed by atoms with Gasteiger partial charge >= 0.3 is 5.97 Å². The Kier molecular flexibility index (Phi) is 7.67. The normalized spacial score (nSPS) is 16.5. The summed E-state index contributed by atoms with van der Waals surface area (Å²) in [7, 11) is 1.54. The molecule has 1 N–H and O–H groups in total. The van der Waals surface area contributed by atoms with Gasteiger partial charge in [0.05, 0.1) is 13.2 Å². The summed E-state index contributed by atoms with van der Waals surface area (Å²) in [6.07, 6.45) is 2.94. The highest BCUT2D eigenvalue weighted by molar-refractivity contribution is 5.90. The minimum absolute atomic E-state index is 0.121. The van der Waals surface area contributed by atoms with Gasteiger partial charge in [-0.15, -0.1) is 0 Å². The molecular formula is C20H27NO6. The summed E-state index contributed by atoms with van der Waals surface area (Å²) in [4.78, 5) is 23.9. The Labute approximate surface area is 159 Å². The summed E-state index contributed by atoms with van der Waals surface area (Å²) < 4.78 is 21.4. The molecule has 1 heterocycles. The zero-order valence-corrected chi connectivity index (χ0v) is 16.2. The van der Waals surface area contributed by atoms with Crippen LogP contribution in [0, 0.1) is 0 Å². The Hall–Kier alpha value is -2.54. The summed E-state index contributed by atoms with van der Waals surface area (Å²) in [5.74, 6) is 0.499. The highest BCUT2D eigenvalue weighted by Gasteiger charge is 2.21. The van der Waals surface area contributed by atoms with Crippen LogP contribution in [0.1, 0.15) is 31.9 Å². The SMILES string of the molecule is CCOc1cc2c(cc1/C=C/C(=O)O[C@@H](C)C(=O)NCCOC)O[C@@H](C)C2. The van der Waals surface area contributed by atoms with Crippen molar-refractivity contribution in [3.05, 3.63) is 29.3 Å². The standard InChI is InChI=1S/C20H27NO6/c1-5-25-17-12-16-10-13(2)26-18(16)11-15(17)6-7-19(22)27-14(3)20(23)21-8-9-24-4/h6-7,11-14H,5,8-10H2,1-4H3,(H,21,23)/b7-6+/t13-,14-/m0/s1. The monoisotopic (exact) mass is 377 g/mol. The van der Waals surface area contributed by atoms with Crippen LogP contribution in [-0.2, 0) is 25.5 Å². The fourth-order valence-electron chi connectivity index (χ4n) is 2.71. The van der Waals surface area contributed by atoms with Crippen LogP contribution < -0.4 is 14.8 Å². The van der Waals surface area contributed by atoms with Gasteiger partial charge in [-0.25, -0.2) is 4.79 Å². The fourth-order valence-corrected chi connectivity index (χ4v) is 2.71. The third kappa shape index (κ3) is 5.99. The van der Waals surface area contributed by atoms with Crippen LogP contribution in [0.3, 0.4) is 0 Å². The lowest BCUT2D eigenvalue weighted by Crippen LogP contribution is -2.37. The quantitative estimate of drug-likeness (QED) is 0.403. The first kappa shape index (κ1) is 20.8. The maximum atomic E-state index is 12.0. The van der Waals surface area contributed by atoms with Crippen LogP contribution in [0.15, 0.2) is 18.2 Å². The molecule has 0 radical (unpaired) electrons. The molecule has 0 aromatic heterocycles. The molecule has 0 aliphatic carbocycles. The van der Waals surface area contributed by atoms with Gasteiger partial charge in [-0.05, 0) is 39.0 Å². The van der Waals surface area contributed by atoms with Crippen LogP contribution in [0.4, 0.5) is 0 Å². The third-order valence-electron chi connectivity index (χ3n) is 3.99. The second kappa shape index (κ2) is 9.97. The second-order valence-corrected chi connectivity index (χ2v) is 6.26. The molecule has 1 amide bonds. The van der Waals surface area contributed by atoms with Gasteiger partial charge < -0.3 is 24.3 Å². The van der Waals surface area contributed by atoms with Gasteiger partial charge in [0.1, 0.15) is 17.6 Å². The van der Waals surface area contributed by atoms with Crippen molar-refractivity contribution in [2.75, 3.05) is 26.9 Å². The zero-order valence-electron chi connectivity index (χ0n) is 16.2. The number of hydrogen-bond donors (Lipinski definition) is 1. The maximum Gasteiger partial charge on any atom is 0.331 e. The largest absolute Gasteiger partial charge is 0.493 e. The van der Waals surface area contributed by atoms with E-state index in [1.54, 1.807) is 13.2 Å². The van der Waals surface area contributed by atoms with Crippen LogP contribution >= 0.6 is 0 Å². The van der Waals surface area contributed by atoms with Gasteiger partial charge in [-0.1, -0.05) is 0 Å². The molecule has 7 nitrogen and oxygen atoms in total. The van der Waals surface area contributed by atoms with E-state index >= 15 is 0 Å². The van der Waals surface area contributed by atoms with Crippen molar-refractivity contribution < 1.29 is 28.5 Å². The number of carbonyl (C=O) groups is 2. The summed E-state index contributed by atoms with van der Waals surface area (Å²) in [6, 6.07) is 3.80. The minimum Gasteiger partial charge on any atom is -0.493 e. The van der Waals surface area contributed by atoms with Crippen molar-refractivity contribution in [1.82, 2.24) is 5.32 Å². The van der Waals surface area contributed by atoms with E-state index in [0.717, 1.165) is 23.3 Å². The van der Waals surface area contributed by atoms with E-state index in [-0.39, 0.29) is 12.0 Å². The Morgan fingerprint density at radius 2 is 2.19 bits per heavy atom. The van der Waals surface area contributed by atoms with Gasteiger partial charge in [0.15, 0.2) is 6.10 Å². The summed E-state index contributed by atoms with van der Waals surface area (Å²) in [5.41, 5.74) is 1.81. The lowest BCUT2D eigenvalue weighted by molar-refractivity contribution is -0.150. The lowest BCUT2D eigenvalue weighted by Gasteiger charge is -2.12. The number of esters is 1. The lowest BCUT2D eigenvalue weighted by atomic mass is 10.1. The second-order valence-electron chi connectivity index (χ2n) is 6.26. The molecule has 2 atom stereocenters. The molecule has 27 heavy (non-hydrogen) atoms. The molecule has 7 heteroatoms. The molecule has 148 valence electrons. The van der Waals surface area contributed by atoms with Crippen LogP contribution in [0.2, 0.25) is 0 Å². The number of methoxy groups -OCH3 is 1. The van der Waals surface area contributed by atoms with Crippen molar-refractivity contribution >= 4 is 18.0 Å². The van der Waals surface area contributed by atoms with Crippen molar-refractivity contribution in [2.24, 2.45) is 0 Å². The van der Waals surface area contributed by atoms with Crippen LogP contribution in [0.25, 0.3) is 6.08 Å². The highest BCUT2D eigenvalue weighted by atomic mass is 16.5.